The highest BCUT2D eigenvalue weighted by Gasteiger charge is 2.42. The van der Waals surface area contributed by atoms with Gasteiger partial charge < -0.3 is 24.5 Å². The number of carbonyl (C=O) groups excluding carboxylic acids is 2. The SMILES string of the molecule is COc1ccc2[nH]c(C(=O)NCc3ccc(Cl)c(Oc4cc(Cl)cc(C#N)c4)c3F)c(OC(=O)C(F)(F)F)c2c1Br. The molecule has 0 radical (unpaired) electrons. The van der Waals surface area contributed by atoms with Crippen LogP contribution in [0.2, 0.25) is 10.0 Å². The number of alkyl halides is 3. The van der Waals surface area contributed by atoms with E-state index >= 15 is 4.39 Å². The number of nitriles is 1. The van der Waals surface area contributed by atoms with E-state index in [0.717, 1.165) is 0 Å². The van der Waals surface area contributed by atoms with Crippen LogP contribution in [0, 0.1) is 17.1 Å². The highest BCUT2D eigenvalue weighted by atomic mass is 79.9. The molecule has 2 N–H and O–H groups in total. The van der Waals surface area contributed by atoms with E-state index in [0.29, 0.717) is 0 Å². The highest BCUT2D eigenvalue weighted by molar-refractivity contribution is 9.10. The average molecular weight is 675 g/mol. The molecule has 0 unspecified atom stereocenters. The maximum Gasteiger partial charge on any atom is 0.491 e. The number of halogens is 7. The molecule has 212 valence electrons. The van der Waals surface area contributed by atoms with Crippen LogP contribution >= 0.6 is 39.1 Å². The second-order valence-electron chi connectivity index (χ2n) is 8.14. The zero-order chi connectivity index (χ0) is 30.1. The van der Waals surface area contributed by atoms with Crippen LogP contribution in [-0.4, -0.2) is 30.1 Å². The summed E-state index contributed by atoms with van der Waals surface area (Å²) in [4.78, 5) is 27.4. The summed E-state index contributed by atoms with van der Waals surface area (Å²) >= 11 is 15.3. The number of carbonyl (C=O) groups is 2. The Morgan fingerprint density at radius 2 is 1.85 bits per heavy atom. The molecule has 4 aromatic rings. The normalized spacial score (nSPS) is 11.2. The topological polar surface area (TPSA) is 113 Å². The van der Waals surface area contributed by atoms with Crippen molar-refractivity contribution in [2.24, 2.45) is 0 Å². The minimum atomic E-state index is -5.36. The van der Waals surface area contributed by atoms with Crippen LogP contribution in [-0.2, 0) is 11.3 Å². The van der Waals surface area contributed by atoms with Gasteiger partial charge in [0, 0.05) is 17.1 Å². The summed E-state index contributed by atoms with van der Waals surface area (Å²) in [6.07, 6.45) is -5.36. The first kappa shape index (κ1) is 30.0. The number of aromatic amines is 1. The summed E-state index contributed by atoms with van der Waals surface area (Å²) in [5.41, 5.74) is -0.370. The quantitative estimate of drug-likeness (QED) is 0.156. The number of fused-ring (bicyclic) bond motifs is 1. The molecule has 1 amide bonds. The number of aromatic nitrogens is 1. The van der Waals surface area contributed by atoms with Crippen molar-refractivity contribution in [1.82, 2.24) is 10.3 Å². The van der Waals surface area contributed by atoms with E-state index in [1.807, 2.05) is 6.07 Å². The lowest BCUT2D eigenvalue weighted by atomic mass is 10.2. The van der Waals surface area contributed by atoms with Crippen molar-refractivity contribution < 1.29 is 41.4 Å². The van der Waals surface area contributed by atoms with E-state index in [9.17, 15) is 22.8 Å². The number of methoxy groups -OCH3 is 1. The summed E-state index contributed by atoms with van der Waals surface area (Å²) in [6.45, 7) is -0.482. The van der Waals surface area contributed by atoms with Crippen molar-refractivity contribution in [1.29, 1.82) is 5.26 Å². The molecule has 0 aliphatic heterocycles. The van der Waals surface area contributed by atoms with E-state index < -0.39 is 47.6 Å². The molecule has 0 fully saturated rings. The zero-order valence-electron chi connectivity index (χ0n) is 20.4. The molecule has 0 saturated carbocycles. The molecular weight excluding hydrogens is 661 g/mol. The number of hydrogen-bond donors (Lipinski definition) is 2. The molecular formula is C26H14BrCl2F4N3O5. The van der Waals surface area contributed by atoms with Gasteiger partial charge in [0.25, 0.3) is 5.91 Å². The smallest absolute Gasteiger partial charge is 0.491 e. The third-order valence-electron chi connectivity index (χ3n) is 5.48. The van der Waals surface area contributed by atoms with E-state index in [4.69, 9.17) is 37.9 Å². The van der Waals surface area contributed by atoms with E-state index in [1.165, 1.54) is 49.6 Å². The molecule has 0 bridgehead atoms. The van der Waals surface area contributed by atoms with Crippen LogP contribution in [0.3, 0.4) is 0 Å². The van der Waals surface area contributed by atoms with Crippen molar-refractivity contribution in [3.8, 4) is 29.1 Å². The fraction of sp³-hybridized carbons (Fsp3) is 0.115. The van der Waals surface area contributed by atoms with Gasteiger partial charge in [0.15, 0.2) is 17.3 Å². The molecule has 1 heterocycles. The van der Waals surface area contributed by atoms with Gasteiger partial charge in [-0.3, -0.25) is 4.79 Å². The van der Waals surface area contributed by atoms with Crippen molar-refractivity contribution in [2.45, 2.75) is 12.7 Å². The third kappa shape index (κ3) is 6.35. The molecule has 0 aliphatic rings. The Hall–Kier alpha value is -3.99. The van der Waals surface area contributed by atoms with Crippen molar-refractivity contribution in [2.75, 3.05) is 7.11 Å². The minimum Gasteiger partial charge on any atom is -0.496 e. The van der Waals surface area contributed by atoms with Gasteiger partial charge in [-0.15, -0.1) is 0 Å². The summed E-state index contributed by atoms with van der Waals surface area (Å²) in [7, 11) is 1.31. The van der Waals surface area contributed by atoms with Crippen LogP contribution in [0.15, 0.2) is 46.9 Å². The second kappa shape index (κ2) is 11.9. The average Bonchev–Trinajstić information content (AvgIpc) is 3.28. The molecule has 3 aromatic carbocycles. The maximum atomic E-state index is 15.4. The fourth-order valence-electron chi connectivity index (χ4n) is 3.64. The first-order valence-corrected chi connectivity index (χ1v) is 12.7. The monoisotopic (exact) mass is 673 g/mol. The van der Waals surface area contributed by atoms with E-state index in [-0.39, 0.29) is 48.0 Å². The number of hydrogen-bond acceptors (Lipinski definition) is 6. The van der Waals surface area contributed by atoms with Gasteiger partial charge in [-0.1, -0.05) is 29.3 Å². The van der Waals surface area contributed by atoms with Crippen LogP contribution in [0.25, 0.3) is 10.9 Å². The number of nitrogens with one attached hydrogen (secondary N) is 2. The summed E-state index contributed by atoms with van der Waals surface area (Å²) in [5, 5.41) is 11.4. The number of ether oxygens (including phenoxy) is 3. The summed E-state index contributed by atoms with van der Waals surface area (Å²) in [6, 6.07) is 11.3. The predicted octanol–water partition coefficient (Wildman–Crippen LogP) is 7.45. The molecule has 0 atom stereocenters. The van der Waals surface area contributed by atoms with E-state index in [2.05, 4.69) is 31.0 Å². The number of rotatable bonds is 7. The molecule has 15 heteroatoms. The van der Waals surface area contributed by atoms with Gasteiger partial charge in [-0.05, 0) is 52.3 Å². The maximum absolute atomic E-state index is 15.4. The zero-order valence-corrected chi connectivity index (χ0v) is 23.5. The van der Waals surface area contributed by atoms with Gasteiger partial charge in [-0.2, -0.15) is 18.4 Å². The first-order valence-electron chi connectivity index (χ1n) is 11.1. The van der Waals surface area contributed by atoms with Crippen LogP contribution in [0.5, 0.6) is 23.0 Å². The van der Waals surface area contributed by atoms with Crippen LogP contribution in [0.1, 0.15) is 21.6 Å². The number of benzene rings is 3. The molecule has 0 saturated heterocycles. The Bertz CT molecular complexity index is 1740. The Balaban J connectivity index is 1.65. The Morgan fingerprint density at radius 3 is 2.51 bits per heavy atom. The minimum absolute atomic E-state index is 0.0197. The first-order chi connectivity index (χ1) is 19.3. The Labute approximate surface area is 246 Å². The summed E-state index contributed by atoms with van der Waals surface area (Å²) < 4.78 is 69.8. The van der Waals surface area contributed by atoms with Gasteiger partial charge in [0.05, 0.1) is 39.1 Å². The predicted molar refractivity (Wildman–Crippen MR) is 143 cm³/mol. The lowest BCUT2D eigenvalue weighted by Crippen LogP contribution is -2.29. The number of amides is 1. The standard InChI is InChI=1S/C26H14BrCl2F4N3O5/c1-39-17-5-4-16-18(19(17)27)23(41-25(38)26(31,32)33)21(36-16)24(37)35-10-12-2-3-15(29)22(20(12)30)40-14-7-11(9-34)6-13(28)8-14/h2-8,36H,10H2,1H3,(H,35,37). The number of H-pyrrole nitrogens is 1. The van der Waals surface area contributed by atoms with Gasteiger partial charge >= 0.3 is 12.1 Å². The van der Waals surface area contributed by atoms with Crippen LogP contribution < -0.4 is 19.5 Å². The van der Waals surface area contributed by atoms with Gasteiger partial charge in [-0.25, -0.2) is 9.18 Å². The van der Waals surface area contributed by atoms with Gasteiger partial charge in [0.1, 0.15) is 17.2 Å². The van der Waals surface area contributed by atoms with Gasteiger partial charge in [0.2, 0.25) is 0 Å². The molecule has 0 spiro atoms. The molecule has 1 aromatic heterocycles. The highest BCUT2D eigenvalue weighted by Crippen LogP contribution is 2.42. The molecule has 8 nitrogen and oxygen atoms in total. The van der Waals surface area contributed by atoms with Crippen molar-refractivity contribution >= 4 is 61.9 Å². The second-order valence-corrected chi connectivity index (χ2v) is 9.78. The lowest BCUT2D eigenvalue weighted by molar-refractivity contribution is -0.189. The molecule has 4 rings (SSSR count). The van der Waals surface area contributed by atoms with E-state index in [1.54, 1.807) is 0 Å². The molecule has 0 aliphatic carbocycles. The largest absolute Gasteiger partial charge is 0.496 e. The van der Waals surface area contributed by atoms with Crippen LogP contribution in [0.4, 0.5) is 17.6 Å². The number of nitrogens with zero attached hydrogens (tertiary/aromatic N) is 1. The Kier molecular flexibility index (Phi) is 8.67. The number of esters is 1. The van der Waals surface area contributed by atoms with Crippen molar-refractivity contribution in [3.05, 3.63) is 79.6 Å². The summed E-state index contributed by atoms with van der Waals surface area (Å²) in [5.74, 6) is -5.50. The third-order valence-corrected chi connectivity index (χ3v) is 6.79. The Morgan fingerprint density at radius 1 is 1.12 bits per heavy atom. The van der Waals surface area contributed by atoms with Crippen molar-refractivity contribution in [3.63, 3.8) is 0 Å². The molecule has 41 heavy (non-hydrogen) atoms. The lowest BCUT2D eigenvalue weighted by Gasteiger charge is -2.13. The fourth-order valence-corrected chi connectivity index (χ4v) is 4.74.